The van der Waals surface area contributed by atoms with Crippen LogP contribution < -0.4 is 0 Å². The summed E-state index contributed by atoms with van der Waals surface area (Å²) in [5, 5.41) is 17.4. The molecule has 0 fully saturated rings. The molecule has 0 aliphatic heterocycles. The highest BCUT2D eigenvalue weighted by atomic mass is 15.4. The Kier molecular flexibility index (Phi) is 3.86. The zero-order chi connectivity index (χ0) is 19.1. The van der Waals surface area contributed by atoms with E-state index in [-0.39, 0.29) is 0 Å². The lowest BCUT2D eigenvalue weighted by molar-refractivity contribution is 0.768. The Hall–Kier alpha value is -3.61. The molecule has 1 aliphatic carbocycles. The van der Waals surface area contributed by atoms with Crippen LogP contribution in [0.5, 0.6) is 0 Å². The van der Waals surface area contributed by atoms with Crippen molar-refractivity contribution >= 4 is 17.8 Å². The molecule has 0 aromatic carbocycles. The maximum absolute atomic E-state index is 4.62. The summed E-state index contributed by atoms with van der Waals surface area (Å²) < 4.78 is 3.60. The topological polar surface area (TPSA) is 73.8 Å². The van der Waals surface area contributed by atoms with Gasteiger partial charge in [-0.3, -0.25) is 9.67 Å². The summed E-state index contributed by atoms with van der Waals surface area (Å²) in [6.07, 6.45) is 13.6. The van der Waals surface area contributed by atoms with Gasteiger partial charge in [0.15, 0.2) is 11.5 Å². The van der Waals surface area contributed by atoms with Gasteiger partial charge in [0.05, 0.1) is 17.6 Å². The summed E-state index contributed by atoms with van der Waals surface area (Å²) in [7, 11) is 1.92. The van der Waals surface area contributed by atoms with Crippen molar-refractivity contribution in [3.8, 4) is 11.1 Å². The highest BCUT2D eigenvalue weighted by molar-refractivity contribution is 5.69. The first-order valence-corrected chi connectivity index (χ1v) is 9.27. The first-order chi connectivity index (χ1) is 13.7. The molecule has 0 unspecified atom stereocenters. The monoisotopic (exact) mass is 369 g/mol. The maximum Gasteiger partial charge on any atom is 0.178 e. The summed E-state index contributed by atoms with van der Waals surface area (Å²) >= 11 is 0. The zero-order valence-electron chi connectivity index (χ0n) is 15.7. The molecule has 0 radical (unpaired) electrons. The van der Waals surface area contributed by atoms with E-state index in [0.29, 0.717) is 0 Å². The second-order valence-electron chi connectivity index (χ2n) is 6.91. The molecule has 0 bridgehead atoms. The molecule has 0 N–H and O–H groups in total. The van der Waals surface area contributed by atoms with Crippen molar-refractivity contribution in [3.05, 3.63) is 71.2 Å². The minimum absolute atomic E-state index is 0.741. The van der Waals surface area contributed by atoms with Crippen LogP contribution in [0.2, 0.25) is 0 Å². The van der Waals surface area contributed by atoms with Gasteiger partial charge < -0.3 is 0 Å². The van der Waals surface area contributed by atoms with Crippen molar-refractivity contribution < 1.29 is 0 Å². The molecule has 4 aromatic heterocycles. The van der Waals surface area contributed by atoms with Gasteiger partial charge >= 0.3 is 0 Å². The van der Waals surface area contributed by atoms with Gasteiger partial charge in [0, 0.05) is 30.6 Å². The van der Waals surface area contributed by atoms with Gasteiger partial charge in [0.1, 0.15) is 0 Å². The number of allylic oxidation sites excluding steroid dienone is 2. The van der Waals surface area contributed by atoms with E-state index >= 15 is 0 Å². The van der Waals surface area contributed by atoms with Crippen molar-refractivity contribution in [2.75, 3.05) is 0 Å². The van der Waals surface area contributed by atoms with Crippen LogP contribution in [0.4, 0.5) is 0 Å². The minimum atomic E-state index is 0.741. The van der Waals surface area contributed by atoms with Gasteiger partial charge in [-0.25, -0.2) is 0 Å². The number of hydrogen-bond donors (Lipinski definition) is 0. The number of rotatable bonds is 3. The predicted octanol–water partition coefficient (Wildman–Crippen LogP) is 3.14. The number of fused-ring (bicyclic) bond motifs is 2. The van der Waals surface area contributed by atoms with E-state index < -0.39 is 0 Å². The molecule has 0 saturated heterocycles. The van der Waals surface area contributed by atoms with Crippen molar-refractivity contribution in [2.45, 2.75) is 19.8 Å². The van der Waals surface area contributed by atoms with Gasteiger partial charge in [-0.1, -0.05) is 13.0 Å². The van der Waals surface area contributed by atoms with Crippen molar-refractivity contribution in [1.82, 2.24) is 34.6 Å². The smallest absolute Gasteiger partial charge is 0.178 e. The Morgan fingerprint density at radius 3 is 2.86 bits per heavy atom. The molecule has 0 saturated carbocycles. The van der Waals surface area contributed by atoms with Crippen LogP contribution in [0.15, 0.2) is 48.4 Å². The Morgan fingerprint density at radius 1 is 1.11 bits per heavy atom. The number of aryl methyl sites for hydroxylation is 2. The Morgan fingerprint density at radius 2 is 2.04 bits per heavy atom. The molecule has 7 heteroatoms. The summed E-state index contributed by atoms with van der Waals surface area (Å²) in [4.78, 5) is 4.61. The molecule has 0 atom stereocenters. The molecule has 28 heavy (non-hydrogen) atoms. The fraction of sp³-hybridized carbons (Fsp3) is 0.190. The molecule has 5 rings (SSSR count). The van der Waals surface area contributed by atoms with E-state index in [9.17, 15) is 0 Å². The molecule has 1 aliphatic rings. The maximum atomic E-state index is 4.62. The third kappa shape index (κ3) is 2.90. The summed E-state index contributed by atoms with van der Waals surface area (Å²) in [5.74, 6) is 0.741. The lowest BCUT2D eigenvalue weighted by atomic mass is 9.95. The quantitative estimate of drug-likeness (QED) is 0.555. The van der Waals surface area contributed by atoms with Crippen molar-refractivity contribution in [1.29, 1.82) is 0 Å². The molecular weight excluding hydrogens is 350 g/mol. The highest BCUT2D eigenvalue weighted by Gasteiger charge is 2.13. The van der Waals surface area contributed by atoms with E-state index in [1.807, 2.05) is 49.9 Å². The molecule has 4 aromatic rings. The van der Waals surface area contributed by atoms with Crippen LogP contribution >= 0.6 is 0 Å². The Labute approximate surface area is 162 Å². The van der Waals surface area contributed by atoms with Gasteiger partial charge in [0.25, 0.3) is 0 Å². The van der Waals surface area contributed by atoms with Crippen LogP contribution in [0, 0.1) is 0 Å². The molecule has 138 valence electrons. The van der Waals surface area contributed by atoms with Crippen LogP contribution in [-0.2, 0) is 19.9 Å². The lowest BCUT2D eigenvalue weighted by Crippen LogP contribution is -2.02. The van der Waals surface area contributed by atoms with E-state index in [1.54, 1.807) is 9.20 Å². The summed E-state index contributed by atoms with van der Waals surface area (Å²) in [6, 6.07) is 6.13. The van der Waals surface area contributed by atoms with E-state index in [0.717, 1.165) is 52.4 Å². The van der Waals surface area contributed by atoms with Crippen LogP contribution in [-0.4, -0.2) is 34.6 Å². The van der Waals surface area contributed by atoms with Gasteiger partial charge in [0.2, 0.25) is 0 Å². The summed E-state index contributed by atoms with van der Waals surface area (Å²) in [5.41, 5.74) is 7.25. The molecule has 7 nitrogen and oxygen atoms in total. The molecule has 4 heterocycles. The number of pyridine rings is 1. The molecule has 0 amide bonds. The van der Waals surface area contributed by atoms with Gasteiger partial charge in [-0.2, -0.15) is 14.7 Å². The third-order valence-electron chi connectivity index (χ3n) is 4.91. The largest absolute Gasteiger partial charge is 0.275 e. The van der Waals surface area contributed by atoms with Crippen molar-refractivity contribution in [2.24, 2.45) is 7.05 Å². The minimum Gasteiger partial charge on any atom is -0.275 e. The van der Waals surface area contributed by atoms with E-state index in [1.165, 1.54) is 5.56 Å². The normalized spacial score (nSPS) is 14.7. The van der Waals surface area contributed by atoms with E-state index in [2.05, 4.69) is 44.4 Å². The average Bonchev–Trinajstić information content (AvgIpc) is 3.33. The molecular formula is C21H19N7. The highest BCUT2D eigenvalue weighted by Crippen LogP contribution is 2.27. The number of hydrogen-bond acceptors (Lipinski definition) is 5. The van der Waals surface area contributed by atoms with Crippen molar-refractivity contribution in [3.63, 3.8) is 0 Å². The van der Waals surface area contributed by atoms with Gasteiger partial charge in [-0.05, 0) is 54.3 Å². The molecule has 0 spiro atoms. The SMILES string of the molecule is CCc1ccc2nnc(C=C3C=Cc4ncc(-c5cnn(C)c5)cc4C3)n2n1. The van der Waals surface area contributed by atoms with Crippen LogP contribution in [0.1, 0.15) is 29.7 Å². The second-order valence-corrected chi connectivity index (χ2v) is 6.91. The summed E-state index contributed by atoms with van der Waals surface area (Å²) in [6.45, 7) is 2.09. The lowest BCUT2D eigenvalue weighted by Gasteiger charge is -2.13. The number of nitrogens with zero attached hydrogens (tertiary/aromatic N) is 7. The second kappa shape index (κ2) is 6.53. The fourth-order valence-electron chi connectivity index (χ4n) is 3.39. The zero-order valence-corrected chi connectivity index (χ0v) is 15.7. The Balaban J connectivity index is 1.50. The Bertz CT molecular complexity index is 1240. The van der Waals surface area contributed by atoms with Gasteiger partial charge in [-0.15, -0.1) is 10.2 Å². The first kappa shape index (κ1) is 16.6. The van der Waals surface area contributed by atoms with Crippen LogP contribution in [0.3, 0.4) is 0 Å². The first-order valence-electron chi connectivity index (χ1n) is 9.27. The average molecular weight is 369 g/mol. The third-order valence-corrected chi connectivity index (χ3v) is 4.91. The fourth-order valence-corrected chi connectivity index (χ4v) is 3.39. The number of aromatic nitrogens is 7. The van der Waals surface area contributed by atoms with Crippen LogP contribution in [0.25, 0.3) is 28.9 Å². The van der Waals surface area contributed by atoms with E-state index in [4.69, 9.17) is 0 Å². The standard InChI is InChI=1S/C21H19N7/c1-3-18-5-7-20-24-25-21(28(20)26-18)9-14-4-6-19-15(8-14)10-16(11-22-19)17-12-23-27(2)13-17/h4-7,9-13H,3,8H2,1-2H3. The predicted molar refractivity (Wildman–Crippen MR) is 107 cm³/mol.